The fraction of sp³-hybridized carbons (Fsp3) is 0.448. The predicted molar refractivity (Wildman–Crippen MR) is 176 cm³/mol. The number of hydrogen-bond acceptors (Lipinski definition) is 6. The number of carbonyl (C=O) groups is 4. The number of hydrogen-bond donors (Lipinski definition) is 4. The van der Waals surface area contributed by atoms with Crippen LogP contribution in [0.1, 0.15) is 69.9 Å². The second kappa shape index (κ2) is 15.2. The molecular weight excluding hydrogens is 736 g/mol. The van der Waals surface area contributed by atoms with Crippen LogP contribution in [0.4, 0.5) is 11.4 Å². The summed E-state index contributed by atoms with van der Waals surface area (Å²) in [5.74, 6) is -0.938. The summed E-state index contributed by atoms with van der Waals surface area (Å²) >= 11 is 10.4. The molecule has 0 spiro atoms. The second-order valence-electron chi connectivity index (χ2n) is 10.2. The van der Waals surface area contributed by atoms with E-state index in [-0.39, 0.29) is 31.1 Å². The molecule has 0 aliphatic carbocycles. The monoisotopic (exact) mass is 772 g/mol. The minimum absolute atomic E-state index is 0. The molecule has 2 aromatic carbocycles. The van der Waals surface area contributed by atoms with Crippen molar-refractivity contribution >= 4 is 82.8 Å². The van der Waals surface area contributed by atoms with Crippen LogP contribution >= 0.6 is 47.8 Å². The first-order valence-corrected chi connectivity index (χ1v) is 15.6. The number of carbonyl (C=O) groups excluding carboxylic acids is 4. The van der Waals surface area contributed by atoms with Crippen molar-refractivity contribution in [3.8, 4) is 0 Å². The highest BCUT2D eigenvalue weighted by atomic mass is 79.9. The Morgan fingerprint density at radius 2 is 1.36 bits per heavy atom. The van der Waals surface area contributed by atoms with Crippen molar-refractivity contribution in [1.29, 1.82) is 0 Å². The Balaban J connectivity index is 0.000000289. The van der Waals surface area contributed by atoms with Gasteiger partial charge in [0.15, 0.2) is 0 Å². The SMILES string of the molecule is C.CC[C@@H](C(N)=O)N1CC(c2c(Br)cc(Br)c(N)c2Br)CC1=O.CC[C@@H](C(N)=O)N1CC(c2cccc(N)c2)CC1=O. The van der Waals surface area contributed by atoms with Crippen LogP contribution in [0.3, 0.4) is 0 Å². The molecule has 4 rings (SSSR count). The zero-order valence-electron chi connectivity index (χ0n) is 22.9. The van der Waals surface area contributed by atoms with Crippen molar-refractivity contribution < 1.29 is 19.2 Å². The third-order valence-corrected chi connectivity index (χ3v) is 9.70. The maximum Gasteiger partial charge on any atom is 0.240 e. The number of halogens is 3. The molecule has 0 aromatic heterocycles. The van der Waals surface area contributed by atoms with Crippen molar-refractivity contribution in [3.05, 3.63) is 54.9 Å². The predicted octanol–water partition coefficient (Wildman–Crippen LogP) is 4.62. The Labute approximate surface area is 272 Å². The number of likely N-dealkylation sites (tertiary alicyclic amines) is 2. The molecule has 2 aliphatic heterocycles. The van der Waals surface area contributed by atoms with Crippen LogP contribution in [0.25, 0.3) is 0 Å². The van der Waals surface area contributed by atoms with Crippen LogP contribution in [0, 0.1) is 0 Å². The van der Waals surface area contributed by atoms with Gasteiger partial charge in [0.1, 0.15) is 12.1 Å². The summed E-state index contributed by atoms with van der Waals surface area (Å²) in [5.41, 5.74) is 25.8. The Morgan fingerprint density at radius 1 is 0.857 bits per heavy atom. The van der Waals surface area contributed by atoms with Crippen molar-refractivity contribution in [2.75, 3.05) is 24.6 Å². The zero-order valence-corrected chi connectivity index (χ0v) is 27.7. The summed E-state index contributed by atoms with van der Waals surface area (Å²) in [6.07, 6.45) is 1.80. The van der Waals surface area contributed by atoms with E-state index in [1.165, 1.54) is 0 Å². The number of primary amides is 2. The van der Waals surface area contributed by atoms with Gasteiger partial charge in [-0.2, -0.15) is 0 Å². The first-order chi connectivity index (χ1) is 19.3. The first kappa shape index (κ1) is 35.6. The van der Waals surface area contributed by atoms with E-state index < -0.39 is 23.9 Å². The standard InChI is InChI=1S/C14H16Br3N3O2.C14H19N3O2.CH4/c1-2-9(14(19)22)20-5-6(3-10(20)21)11-7(15)4-8(16)13(18)12(11)17;1-2-12(14(16)19)17-8-10(7-13(17)18)9-4-3-5-11(15)6-9;/h4,6,9H,2-3,5,18H2,1H3,(H2,19,22);3-6,10,12H,2,7-8,15H2,1H3,(H2,16,19);1H4/t6?,9-;10?,12-;/m00./s1. The van der Waals surface area contributed by atoms with Gasteiger partial charge < -0.3 is 32.7 Å². The fourth-order valence-corrected chi connectivity index (χ4v) is 8.21. The van der Waals surface area contributed by atoms with Crippen LogP contribution in [-0.4, -0.2) is 58.6 Å². The van der Waals surface area contributed by atoms with Crippen molar-refractivity contribution in [1.82, 2.24) is 9.80 Å². The summed E-state index contributed by atoms with van der Waals surface area (Å²) in [7, 11) is 0. The molecule has 4 amide bonds. The van der Waals surface area contributed by atoms with E-state index in [1.807, 2.05) is 44.2 Å². The Kier molecular flexibility index (Phi) is 12.9. The topological polar surface area (TPSA) is 179 Å². The molecule has 2 heterocycles. The highest BCUT2D eigenvalue weighted by Crippen LogP contribution is 2.43. The molecule has 13 heteroatoms. The van der Waals surface area contributed by atoms with Gasteiger partial charge in [0.25, 0.3) is 0 Å². The quantitative estimate of drug-likeness (QED) is 0.284. The van der Waals surface area contributed by atoms with Crippen molar-refractivity contribution in [3.63, 3.8) is 0 Å². The van der Waals surface area contributed by atoms with Crippen molar-refractivity contribution in [2.45, 2.75) is 70.9 Å². The summed E-state index contributed by atoms with van der Waals surface area (Å²) in [6, 6.07) is 8.35. The number of amides is 4. The molecule has 8 N–H and O–H groups in total. The lowest BCUT2D eigenvalue weighted by atomic mass is 9.97. The number of anilines is 2. The third kappa shape index (κ3) is 7.84. The molecule has 4 atom stereocenters. The van der Waals surface area contributed by atoms with Gasteiger partial charge in [-0.25, -0.2) is 0 Å². The second-order valence-corrected chi connectivity index (χ2v) is 12.7. The van der Waals surface area contributed by atoms with Gasteiger partial charge in [-0.3, -0.25) is 19.2 Å². The lowest BCUT2D eigenvalue weighted by Crippen LogP contribution is -2.45. The first-order valence-electron chi connectivity index (χ1n) is 13.3. The van der Waals surface area contributed by atoms with Gasteiger partial charge in [0.2, 0.25) is 23.6 Å². The summed E-state index contributed by atoms with van der Waals surface area (Å²) in [4.78, 5) is 50.4. The minimum Gasteiger partial charge on any atom is -0.399 e. The van der Waals surface area contributed by atoms with Gasteiger partial charge in [0, 0.05) is 56.9 Å². The highest BCUT2D eigenvalue weighted by Gasteiger charge is 2.39. The van der Waals surface area contributed by atoms with E-state index in [0.29, 0.717) is 50.1 Å². The average molecular weight is 775 g/mol. The summed E-state index contributed by atoms with van der Waals surface area (Å²) in [6.45, 7) is 4.69. The van der Waals surface area contributed by atoms with Gasteiger partial charge in [0.05, 0.1) is 5.69 Å². The molecule has 230 valence electrons. The number of nitrogens with zero attached hydrogens (tertiary/aromatic N) is 2. The Hall–Kier alpha value is -2.64. The van der Waals surface area contributed by atoms with Crippen LogP contribution in [0.5, 0.6) is 0 Å². The van der Waals surface area contributed by atoms with Crippen LogP contribution in [0.2, 0.25) is 0 Å². The number of benzene rings is 2. The van der Waals surface area contributed by atoms with E-state index in [9.17, 15) is 19.2 Å². The largest absolute Gasteiger partial charge is 0.399 e. The highest BCUT2D eigenvalue weighted by molar-refractivity contribution is 9.11. The number of nitrogen functional groups attached to an aromatic ring is 2. The molecular formula is C29H39Br3N6O4. The maximum absolute atomic E-state index is 12.3. The van der Waals surface area contributed by atoms with Gasteiger partial charge in [-0.15, -0.1) is 0 Å². The molecule has 2 aliphatic rings. The number of nitrogens with two attached hydrogens (primary N) is 4. The van der Waals surface area contributed by atoms with Gasteiger partial charge in [-0.1, -0.05) is 49.3 Å². The molecule has 0 bridgehead atoms. The summed E-state index contributed by atoms with van der Waals surface area (Å²) in [5, 5.41) is 0. The molecule has 2 fully saturated rings. The Morgan fingerprint density at radius 3 is 1.83 bits per heavy atom. The van der Waals surface area contributed by atoms with Gasteiger partial charge in [-0.05, 0) is 74.0 Å². The van der Waals surface area contributed by atoms with Crippen LogP contribution in [0.15, 0.2) is 43.7 Å². The van der Waals surface area contributed by atoms with E-state index in [2.05, 4.69) is 47.8 Å². The smallest absolute Gasteiger partial charge is 0.240 e. The van der Waals surface area contributed by atoms with Gasteiger partial charge >= 0.3 is 0 Å². The average Bonchev–Trinajstić information content (AvgIpc) is 3.46. The molecule has 2 saturated heterocycles. The lowest BCUT2D eigenvalue weighted by molar-refractivity contribution is -0.136. The van der Waals surface area contributed by atoms with Crippen molar-refractivity contribution in [2.24, 2.45) is 11.5 Å². The van der Waals surface area contributed by atoms with E-state index in [0.717, 1.165) is 24.5 Å². The fourth-order valence-electron chi connectivity index (χ4n) is 5.44. The molecule has 2 aromatic rings. The molecule has 10 nitrogen and oxygen atoms in total. The van der Waals surface area contributed by atoms with Crippen LogP contribution < -0.4 is 22.9 Å². The summed E-state index contributed by atoms with van der Waals surface area (Å²) < 4.78 is 2.41. The maximum atomic E-state index is 12.3. The number of rotatable bonds is 8. The minimum atomic E-state index is -0.553. The van der Waals surface area contributed by atoms with E-state index in [4.69, 9.17) is 22.9 Å². The molecule has 42 heavy (non-hydrogen) atoms. The van der Waals surface area contributed by atoms with E-state index >= 15 is 0 Å². The lowest BCUT2D eigenvalue weighted by Gasteiger charge is -2.25. The molecule has 0 radical (unpaired) electrons. The van der Waals surface area contributed by atoms with Crippen LogP contribution in [-0.2, 0) is 19.2 Å². The Bertz CT molecular complexity index is 1340. The molecule has 0 saturated carbocycles. The van der Waals surface area contributed by atoms with E-state index in [1.54, 1.807) is 9.80 Å². The third-order valence-electron chi connectivity index (χ3n) is 7.53. The molecule has 2 unspecified atom stereocenters. The zero-order chi connectivity index (χ0) is 30.6. The normalized spacial score (nSPS) is 19.5.